The molecule has 0 radical (unpaired) electrons. The Morgan fingerprint density at radius 1 is 1.24 bits per heavy atom. The van der Waals surface area contributed by atoms with Crippen LogP contribution in [0.3, 0.4) is 0 Å². The normalized spacial score (nSPS) is 18.5. The second kappa shape index (κ2) is 6.39. The number of hydrogen-bond donors (Lipinski definition) is 2. The standard InChI is InChI=1S/C14H20ClNO/c15-12-7-5-11(6-8-12)14(17)9-10-16-13-3-1-2-4-13/h5-8,13-14,16-17H,1-4,9-10H2. The SMILES string of the molecule is OC(CCNC1CCCC1)c1ccc(Cl)cc1. The molecule has 2 rings (SSSR count). The van der Waals surface area contributed by atoms with Crippen molar-refractivity contribution in [2.45, 2.75) is 44.2 Å². The maximum atomic E-state index is 10.0. The van der Waals surface area contributed by atoms with Crippen molar-refractivity contribution in [1.82, 2.24) is 5.32 Å². The lowest BCUT2D eigenvalue weighted by molar-refractivity contribution is 0.165. The summed E-state index contributed by atoms with van der Waals surface area (Å²) in [7, 11) is 0. The summed E-state index contributed by atoms with van der Waals surface area (Å²) in [5.41, 5.74) is 0.947. The number of halogens is 1. The lowest BCUT2D eigenvalue weighted by atomic mass is 10.1. The quantitative estimate of drug-likeness (QED) is 0.844. The Hall–Kier alpha value is -0.570. The minimum absolute atomic E-state index is 0.388. The molecule has 0 aromatic heterocycles. The summed E-state index contributed by atoms with van der Waals surface area (Å²) in [5, 5.41) is 14.2. The van der Waals surface area contributed by atoms with Crippen molar-refractivity contribution in [2.24, 2.45) is 0 Å². The zero-order valence-electron chi connectivity index (χ0n) is 10.0. The highest BCUT2D eigenvalue weighted by atomic mass is 35.5. The van der Waals surface area contributed by atoms with E-state index in [1.54, 1.807) is 0 Å². The van der Waals surface area contributed by atoms with Crippen molar-refractivity contribution in [2.75, 3.05) is 6.54 Å². The minimum Gasteiger partial charge on any atom is -0.388 e. The van der Waals surface area contributed by atoms with Gasteiger partial charge in [-0.3, -0.25) is 0 Å². The average molecular weight is 254 g/mol. The number of aliphatic hydroxyl groups is 1. The van der Waals surface area contributed by atoms with E-state index in [1.807, 2.05) is 24.3 Å². The van der Waals surface area contributed by atoms with Gasteiger partial charge in [0.25, 0.3) is 0 Å². The lowest BCUT2D eigenvalue weighted by Gasteiger charge is -2.15. The van der Waals surface area contributed by atoms with Gasteiger partial charge in [-0.1, -0.05) is 36.6 Å². The van der Waals surface area contributed by atoms with E-state index in [2.05, 4.69) is 5.32 Å². The first-order valence-electron chi connectivity index (χ1n) is 6.42. The first-order chi connectivity index (χ1) is 8.25. The van der Waals surface area contributed by atoms with E-state index >= 15 is 0 Å². The van der Waals surface area contributed by atoms with E-state index in [0.717, 1.165) is 18.5 Å². The van der Waals surface area contributed by atoms with Crippen LogP contribution in [0.5, 0.6) is 0 Å². The van der Waals surface area contributed by atoms with E-state index in [4.69, 9.17) is 11.6 Å². The predicted octanol–water partition coefficient (Wildman–Crippen LogP) is 3.30. The molecule has 17 heavy (non-hydrogen) atoms. The molecule has 2 nitrogen and oxygen atoms in total. The van der Waals surface area contributed by atoms with Crippen molar-refractivity contribution >= 4 is 11.6 Å². The third-order valence-corrected chi connectivity index (χ3v) is 3.71. The fourth-order valence-electron chi connectivity index (χ4n) is 2.41. The monoisotopic (exact) mass is 253 g/mol. The van der Waals surface area contributed by atoms with Crippen molar-refractivity contribution in [1.29, 1.82) is 0 Å². The van der Waals surface area contributed by atoms with Crippen molar-refractivity contribution in [3.63, 3.8) is 0 Å². The third-order valence-electron chi connectivity index (χ3n) is 3.46. The van der Waals surface area contributed by atoms with Crippen LogP contribution >= 0.6 is 11.6 Å². The first-order valence-corrected chi connectivity index (χ1v) is 6.80. The molecule has 1 aliphatic carbocycles. The summed E-state index contributed by atoms with van der Waals surface area (Å²) in [6.45, 7) is 0.883. The largest absolute Gasteiger partial charge is 0.388 e. The van der Waals surface area contributed by atoms with Gasteiger partial charge < -0.3 is 10.4 Å². The highest BCUT2D eigenvalue weighted by Crippen LogP contribution is 2.20. The van der Waals surface area contributed by atoms with Crippen molar-refractivity contribution in [3.8, 4) is 0 Å². The molecule has 1 fully saturated rings. The molecule has 0 saturated heterocycles. The van der Waals surface area contributed by atoms with Gasteiger partial charge in [0.15, 0.2) is 0 Å². The average Bonchev–Trinajstić information content (AvgIpc) is 2.83. The number of nitrogens with one attached hydrogen (secondary N) is 1. The lowest BCUT2D eigenvalue weighted by Crippen LogP contribution is -2.27. The Morgan fingerprint density at radius 2 is 1.88 bits per heavy atom. The van der Waals surface area contributed by atoms with Gasteiger partial charge in [0.2, 0.25) is 0 Å². The molecule has 0 bridgehead atoms. The first kappa shape index (κ1) is 12.9. The molecule has 1 aromatic rings. The molecular weight excluding hydrogens is 234 g/mol. The van der Waals surface area contributed by atoms with Crippen LogP contribution < -0.4 is 5.32 Å². The molecule has 1 unspecified atom stereocenters. The van der Waals surface area contributed by atoms with Crippen LogP contribution in [0.1, 0.15) is 43.8 Å². The van der Waals surface area contributed by atoms with Gasteiger partial charge >= 0.3 is 0 Å². The van der Waals surface area contributed by atoms with Gasteiger partial charge in [-0.2, -0.15) is 0 Å². The van der Waals surface area contributed by atoms with Gasteiger partial charge in [-0.15, -0.1) is 0 Å². The molecule has 94 valence electrons. The Bertz CT molecular complexity index is 333. The van der Waals surface area contributed by atoms with Crippen LogP contribution in [-0.2, 0) is 0 Å². The van der Waals surface area contributed by atoms with Gasteiger partial charge in [0.05, 0.1) is 6.10 Å². The fourth-order valence-corrected chi connectivity index (χ4v) is 2.53. The highest BCUT2D eigenvalue weighted by molar-refractivity contribution is 6.30. The second-order valence-electron chi connectivity index (χ2n) is 4.79. The van der Waals surface area contributed by atoms with Gasteiger partial charge in [-0.25, -0.2) is 0 Å². The van der Waals surface area contributed by atoms with E-state index in [1.165, 1.54) is 25.7 Å². The van der Waals surface area contributed by atoms with Gasteiger partial charge in [0.1, 0.15) is 0 Å². The minimum atomic E-state index is -0.388. The molecular formula is C14H20ClNO. The number of aliphatic hydroxyl groups excluding tert-OH is 1. The highest BCUT2D eigenvalue weighted by Gasteiger charge is 2.14. The molecule has 1 atom stereocenters. The Labute approximate surface area is 108 Å². The summed E-state index contributed by atoms with van der Waals surface area (Å²) >= 11 is 5.81. The maximum absolute atomic E-state index is 10.0. The molecule has 3 heteroatoms. The second-order valence-corrected chi connectivity index (χ2v) is 5.23. The molecule has 1 aliphatic rings. The van der Waals surface area contributed by atoms with Crippen LogP contribution in [0, 0.1) is 0 Å². The van der Waals surface area contributed by atoms with Crippen LogP contribution in [0.25, 0.3) is 0 Å². The van der Waals surface area contributed by atoms with Crippen LogP contribution in [0.4, 0.5) is 0 Å². The van der Waals surface area contributed by atoms with Gasteiger partial charge in [-0.05, 0) is 43.5 Å². The van der Waals surface area contributed by atoms with E-state index in [-0.39, 0.29) is 6.10 Å². The Balaban J connectivity index is 1.72. The Kier molecular flexibility index (Phi) is 4.84. The fraction of sp³-hybridized carbons (Fsp3) is 0.571. The predicted molar refractivity (Wildman–Crippen MR) is 71.3 cm³/mol. The zero-order chi connectivity index (χ0) is 12.1. The van der Waals surface area contributed by atoms with E-state index in [9.17, 15) is 5.11 Å². The molecule has 1 saturated carbocycles. The zero-order valence-corrected chi connectivity index (χ0v) is 10.8. The summed E-state index contributed by atoms with van der Waals surface area (Å²) < 4.78 is 0. The van der Waals surface area contributed by atoms with E-state index in [0.29, 0.717) is 11.1 Å². The molecule has 0 aliphatic heterocycles. The molecule has 2 N–H and O–H groups in total. The molecule has 1 aromatic carbocycles. The smallest absolute Gasteiger partial charge is 0.0802 e. The summed E-state index contributed by atoms with van der Waals surface area (Å²) in [4.78, 5) is 0. The third kappa shape index (κ3) is 3.98. The number of benzene rings is 1. The maximum Gasteiger partial charge on any atom is 0.0802 e. The van der Waals surface area contributed by atoms with Crippen LogP contribution in [0.2, 0.25) is 5.02 Å². The van der Waals surface area contributed by atoms with Crippen LogP contribution in [-0.4, -0.2) is 17.7 Å². The summed E-state index contributed by atoms with van der Waals surface area (Å²) in [6, 6.07) is 8.10. The summed E-state index contributed by atoms with van der Waals surface area (Å²) in [6.07, 6.45) is 5.64. The number of hydrogen-bond acceptors (Lipinski definition) is 2. The summed E-state index contributed by atoms with van der Waals surface area (Å²) in [5.74, 6) is 0. The Morgan fingerprint density at radius 3 is 2.53 bits per heavy atom. The van der Waals surface area contributed by atoms with Crippen molar-refractivity contribution in [3.05, 3.63) is 34.9 Å². The van der Waals surface area contributed by atoms with Crippen LogP contribution in [0.15, 0.2) is 24.3 Å². The molecule has 0 amide bonds. The molecule has 0 heterocycles. The van der Waals surface area contributed by atoms with E-state index < -0.39 is 0 Å². The topological polar surface area (TPSA) is 32.3 Å². The molecule has 0 spiro atoms. The van der Waals surface area contributed by atoms with Gasteiger partial charge in [0, 0.05) is 11.1 Å². The van der Waals surface area contributed by atoms with Crippen molar-refractivity contribution < 1.29 is 5.11 Å². The number of rotatable bonds is 5.